The molecule has 1 aliphatic heterocycles. The third-order valence-electron chi connectivity index (χ3n) is 9.19. The lowest BCUT2D eigenvalue weighted by molar-refractivity contribution is 0.0198. The number of halogens is 1. The number of rotatable bonds is 12. The van der Waals surface area contributed by atoms with Crippen LogP contribution in [0.4, 0.5) is 4.79 Å². The summed E-state index contributed by atoms with van der Waals surface area (Å²) >= 11 is 6.62. The number of amides is 2. The van der Waals surface area contributed by atoms with Gasteiger partial charge in [-0.05, 0) is 107 Å². The number of benzene rings is 3. The molecule has 0 saturated carbocycles. The molecule has 2 amide bonds. The molecule has 1 aliphatic rings. The molecule has 10 heteroatoms. The molecule has 5 rings (SSSR count). The zero-order chi connectivity index (χ0) is 37.4. The summed E-state index contributed by atoms with van der Waals surface area (Å²) in [7, 11) is 0. The van der Waals surface area contributed by atoms with E-state index in [9.17, 15) is 14.9 Å². The van der Waals surface area contributed by atoms with Crippen LogP contribution < -0.4 is 16.0 Å². The highest BCUT2D eigenvalue weighted by Gasteiger charge is 2.28. The monoisotopic (exact) mass is 721 g/mol. The SMILES string of the molecule is C=C(c1ccc(C#N)cc1)[C@H](CNC1CCN(C(=O)OC(C)(C)C)CC1)NC(=O)c1cc(-c2ccc(CN[C@H](C)c3ccc(C)cc3)o2)ccc1Cl. The van der Waals surface area contributed by atoms with Crippen molar-refractivity contribution in [2.24, 2.45) is 0 Å². The van der Waals surface area contributed by atoms with E-state index in [0.29, 0.717) is 53.7 Å². The molecule has 9 nitrogen and oxygen atoms in total. The highest BCUT2D eigenvalue weighted by molar-refractivity contribution is 6.34. The molecule has 52 heavy (non-hydrogen) atoms. The number of carbonyl (C=O) groups is 2. The number of piperidine rings is 1. The van der Waals surface area contributed by atoms with E-state index in [2.05, 4.69) is 66.7 Å². The maximum Gasteiger partial charge on any atom is 0.410 e. The minimum atomic E-state index is -0.551. The number of aryl methyl sites for hydroxylation is 1. The first-order chi connectivity index (χ1) is 24.8. The fourth-order valence-electron chi connectivity index (χ4n) is 6.04. The van der Waals surface area contributed by atoms with Gasteiger partial charge < -0.3 is 30.0 Å². The summed E-state index contributed by atoms with van der Waals surface area (Å²) in [5.41, 5.74) is 4.94. The maximum absolute atomic E-state index is 13.9. The second kappa shape index (κ2) is 17.1. The van der Waals surface area contributed by atoms with Gasteiger partial charge >= 0.3 is 6.09 Å². The van der Waals surface area contributed by atoms with Crippen LogP contribution in [-0.2, 0) is 11.3 Å². The van der Waals surface area contributed by atoms with Gasteiger partial charge in [0, 0.05) is 37.3 Å². The van der Waals surface area contributed by atoms with Crippen molar-refractivity contribution in [3.63, 3.8) is 0 Å². The van der Waals surface area contributed by atoms with E-state index >= 15 is 0 Å². The maximum atomic E-state index is 13.9. The summed E-state index contributed by atoms with van der Waals surface area (Å²) in [5.74, 6) is 1.05. The van der Waals surface area contributed by atoms with Crippen molar-refractivity contribution in [1.29, 1.82) is 5.26 Å². The van der Waals surface area contributed by atoms with E-state index in [4.69, 9.17) is 20.8 Å². The van der Waals surface area contributed by atoms with Crippen LogP contribution in [0.25, 0.3) is 16.9 Å². The van der Waals surface area contributed by atoms with Gasteiger partial charge in [-0.1, -0.05) is 60.1 Å². The van der Waals surface area contributed by atoms with Crippen molar-refractivity contribution in [2.75, 3.05) is 19.6 Å². The first-order valence-corrected chi connectivity index (χ1v) is 18.1. The summed E-state index contributed by atoms with van der Waals surface area (Å²) in [6.07, 6.45) is 1.17. The Labute approximate surface area is 312 Å². The van der Waals surface area contributed by atoms with Crippen LogP contribution in [0.3, 0.4) is 0 Å². The topological polar surface area (TPSA) is 120 Å². The largest absolute Gasteiger partial charge is 0.460 e. The van der Waals surface area contributed by atoms with Gasteiger partial charge in [-0.2, -0.15) is 5.26 Å². The molecule has 0 spiro atoms. The molecule has 2 heterocycles. The number of ether oxygens (including phenoxy) is 1. The van der Waals surface area contributed by atoms with Gasteiger partial charge in [0.15, 0.2) is 0 Å². The Bertz CT molecular complexity index is 1900. The Morgan fingerprint density at radius 1 is 1.04 bits per heavy atom. The van der Waals surface area contributed by atoms with E-state index in [1.807, 2.05) is 51.1 Å². The Morgan fingerprint density at radius 2 is 1.73 bits per heavy atom. The Kier molecular flexibility index (Phi) is 12.6. The molecular weight excluding hydrogens is 674 g/mol. The van der Waals surface area contributed by atoms with Crippen molar-refractivity contribution >= 4 is 29.2 Å². The van der Waals surface area contributed by atoms with Crippen LogP contribution in [-0.4, -0.2) is 54.2 Å². The highest BCUT2D eigenvalue weighted by atomic mass is 35.5. The number of hydrogen-bond donors (Lipinski definition) is 3. The van der Waals surface area contributed by atoms with E-state index in [1.165, 1.54) is 11.1 Å². The fourth-order valence-corrected chi connectivity index (χ4v) is 6.25. The lowest BCUT2D eigenvalue weighted by atomic mass is 9.97. The van der Waals surface area contributed by atoms with Gasteiger partial charge in [-0.3, -0.25) is 4.79 Å². The molecular formula is C42H48ClN5O4. The van der Waals surface area contributed by atoms with Crippen LogP contribution in [0.5, 0.6) is 0 Å². The molecule has 4 aromatic rings. The average molecular weight is 722 g/mol. The molecule has 3 N–H and O–H groups in total. The minimum Gasteiger partial charge on any atom is -0.460 e. The number of carbonyl (C=O) groups excluding carboxylic acids is 2. The number of nitrogens with one attached hydrogen (secondary N) is 3. The molecule has 0 bridgehead atoms. The number of nitriles is 1. The average Bonchev–Trinajstić information content (AvgIpc) is 3.61. The minimum absolute atomic E-state index is 0.126. The van der Waals surface area contributed by atoms with Gasteiger partial charge in [0.1, 0.15) is 17.1 Å². The van der Waals surface area contributed by atoms with E-state index in [0.717, 1.165) is 29.7 Å². The van der Waals surface area contributed by atoms with Crippen LogP contribution in [0.15, 0.2) is 89.9 Å². The van der Waals surface area contributed by atoms with Gasteiger partial charge in [0.25, 0.3) is 5.91 Å². The molecule has 0 radical (unpaired) electrons. The predicted octanol–water partition coefficient (Wildman–Crippen LogP) is 8.43. The Morgan fingerprint density at radius 3 is 2.38 bits per heavy atom. The quantitative estimate of drug-likeness (QED) is 0.134. The summed E-state index contributed by atoms with van der Waals surface area (Å²) < 4.78 is 11.7. The van der Waals surface area contributed by atoms with Crippen molar-refractivity contribution in [2.45, 2.75) is 77.7 Å². The molecule has 1 aromatic heterocycles. The summed E-state index contributed by atoms with van der Waals surface area (Å²) in [6.45, 7) is 16.2. The summed E-state index contributed by atoms with van der Waals surface area (Å²) in [5, 5.41) is 19.9. The first-order valence-electron chi connectivity index (χ1n) is 17.7. The van der Waals surface area contributed by atoms with Gasteiger partial charge in [-0.25, -0.2) is 4.79 Å². The van der Waals surface area contributed by atoms with E-state index in [1.54, 1.807) is 29.2 Å². The molecule has 0 unspecified atom stereocenters. The molecule has 272 valence electrons. The van der Waals surface area contributed by atoms with E-state index in [-0.39, 0.29) is 24.1 Å². The van der Waals surface area contributed by atoms with Crippen molar-refractivity contribution in [1.82, 2.24) is 20.9 Å². The Hall–Kier alpha value is -4.88. The van der Waals surface area contributed by atoms with Crippen LogP contribution in [0.1, 0.15) is 85.0 Å². The number of furan rings is 1. The van der Waals surface area contributed by atoms with Crippen LogP contribution in [0.2, 0.25) is 5.02 Å². The Balaban J connectivity index is 1.26. The molecule has 3 aromatic carbocycles. The second-order valence-electron chi connectivity index (χ2n) is 14.4. The molecule has 1 saturated heterocycles. The lowest BCUT2D eigenvalue weighted by Crippen LogP contribution is -2.50. The van der Waals surface area contributed by atoms with Gasteiger partial charge in [-0.15, -0.1) is 0 Å². The normalized spacial score (nSPS) is 14.7. The van der Waals surface area contributed by atoms with Crippen molar-refractivity contribution in [3.05, 3.63) is 124 Å². The molecule has 0 aliphatic carbocycles. The van der Waals surface area contributed by atoms with Crippen molar-refractivity contribution < 1.29 is 18.7 Å². The van der Waals surface area contributed by atoms with E-state index < -0.39 is 11.6 Å². The number of hydrogen-bond acceptors (Lipinski definition) is 7. The first kappa shape index (κ1) is 38.4. The zero-order valence-corrected chi connectivity index (χ0v) is 31.3. The van der Waals surface area contributed by atoms with Crippen molar-refractivity contribution in [3.8, 4) is 17.4 Å². The zero-order valence-electron chi connectivity index (χ0n) is 30.6. The van der Waals surface area contributed by atoms with Crippen LogP contribution >= 0.6 is 11.6 Å². The predicted molar refractivity (Wildman–Crippen MR) is 206 cm³/mol. The number of nitrogens with zero attached hydrogens (tertiary/aromatic N) is 2. The third kappa shape index (κ3) is 10.3. The van der Waals surface area contributed by atoms with Gasteiger partial charge in [0.2, 0.25) is 0 Å². The molecule has 1 fully saturated rings. The molecule has 2 atom stereocenters. The fraction of sp³-hybridized carbons (Fsp3) is 0.357. The smallest absolute Gasteiger partial charge is 0.410 e. The van der Waals surface area contributed by atoms with Crippen LogP contribution in [0, 0.1) is 18.3 Å². The third-order valence-corrected chi connectivity index (χ3v) is 9.51. The summed E-state index contributed by atoms with van der Waals surface area (Å²) in [6, 6.07) is 26.6. The number of likely N-dealkylation sites (tertiary alicyclic amines) is 1. The second-order valence-corrected chi connectivity index (χ2v) is 14.8. The summed E-state index contributed by atoms with van der Waals surface area (Å²) in [4.78, 5) is 28.2. The standard InChI is InChI=1S/C42H48ClN5O4/c1-27-7-11-32(12-8-27)29(3)45-25-35-16-18-39(51-35)33-15-17-37(43)36(23-33)40(49)47-38(28(2)31-13-9-30(24-44)10-14-31)26-46-34-19-21-48(22-20-34)41(50)52-42(4,5)6/h7-18,23,29,34,38,45-46H,2,19-22,25-26H2,1,3-6H3,(H,47,49)/t29-,38+/m1/s1. The lowest BCUT2D eigenvalue weighted by Gasteiger charge is -2.34. The highest BCUT2D eigenvalue weighted by Crippen LogP contribution is 2.28. The van der Waals surface area contributed by atoms with Gasteiger partial charge in [0.05, 0.1) is 34.8 Å².